The molecule has 4 heteroatoms. The molecular formula is C18H16O4. The molecule has 22 heavy (non-hydrogen) atoms. The molecule has 0 radical (unpaired) electrons. The first kappa shape index (κ1) is 15.5. The number of benzene rings is 2. The van der Waals surface area contributed by atoms with Gasteiger partial charge in [-0.3, -0.25) is 4.79 Å². The Hall–Kier alpha value is -2.88. The molecule has 0 aliphatic rings. The average molecular weight is 296 g/mol. The van der Waals surface area contributed by atoms with E-state index in [4.69, 9.17) is 9.47 Å². The molecule has 0 saturated heterocycles. The highest BCUT2D eigenvalue weighted by molar-refractivity contribution is 5.94. The number of methoxy groups -OCH3 is 1. The van der Waals surface area contributed by atoms with Gasteiger partial charge in [0, 0.05) is 11.6 Å². The van der Waals surface area contributed by atoms with Gasteiger partial charge in [0.15, 0.2) is 5.78 Å². The van der Waals surface area contributed by atoms with Crippen LogP contribution in [0, 0.1) is 0 Å². The molecule has 0 aliphatic carbocycles. The van der Waals surface area contributed by atoms with Crippen LogP contribution in [0.5, 0.6) is 11.5 Å². The average Bonchev–Trinajstić information content (AvgIpc) is 2.53. The van der Waals surface area contributed by atoms with Crippen molar-refractivity contribution >= 4 is 17.8 Å². The van der Waals surface area contributed by atoms with Gasteiger partial charge >= 0.3 is 5.97 Å². The number of carbonyl (C=O) groups excluding carboxylic acids is 2. The molecule has 0 aliphatic heterocycles. The lowest BCUT2D eigenvalue weighted by atomic mass is 10.1. The van der Waals surface area contributed by atoms with Crippen LogP contribution in [0.4, 0.5) is 0 Å². The van der Waals surface area contributed by atoms with E-state index in [1.807, 2.05) is 24.3 Å². The van der Waals surface area contributed by atoms with Gasteiger partial charge in [0.05, 0.1) is 7.11 Å². The smallest absolute Gasteiger partial charge is 0.336 e. The normalized spacial score (nSPS) is 10.5. The number of ether oxygens (including phenoxy) is 2. The highest BCUT2D eigenvalue weighted by Crippen LogP contribution is 2.15. The third kappa shape index (κ3) is 4.31. The zero-order valence-electron chi connectivity index (χ0n) is 12.4. The van der Waals surface area contributed by atoms with Crippen molar-refractivity contribution in [3.8, 4) is 11.5 Å². The van der Waals surface area contributed by atoms with Gasteiger partial charge in [0.25, 0.3) is 0 Å². The fraction of sp³-hybridized carbons (Fsp3) is 0.111. The Morgan fingerprint density at radius 3 is 2.36 bits per heavy atom. The second kappa shape index (κ2) is 7.22. The fourth-order valence-corrected chi connectivity index (χ4v) is 1.82. The van der Waals surface area contributed by atoms with E-state index < -0.39 is 5.97 Å². The zero-order chi connectivity index (χ0) is 15.9. The van der Waals surface area contributed by atoms with E-state index in [2.05, 4.69) is 0 Å². The van der Waals surface area contributed by atoms with Crippen LogP contribution in [-0.2, 0) is 4.79 Å². The van der Waals surface area contributed by atoms with E-state index in [-0.39, 0.29) is 5.78 Å². The van der Waals surface area contributed by atoms with Crippen LogP contribution in [0.1, 0.15) is 22.8 Å². The van der Waals surface area contributed by atoms with Crippen molar-refractivity contribution in [2.45, 2.75) is 6.92 Å². The molecule has 2 aromatic rings. The van der Waals surface area contributed by atoms with Gasteiger partial charge in [-0.1, -0.05) is 12.1 Å². The number of Topliss-reactive ketones (excluding diaryl/α,β-unsaturated/α-hetero) is 1. The maximum atomic E-state index is 11.8. The first-order valence-corrected chi connectivity index (χ1v) is 6.73. The molecule has 0 N–H and O–H groups in total. The van der Waals surface area contributed by atoms with Gasteiger partial charge in [-0.25, -0.2) is 4.79 Å². The highest BCUT2D eigenvalue weighted by Gasteiger charge is 2.03. The summed E-state index contributed by atoms with van der Waals surface area (Å²) in [6.07, 6.45) is 2.99. The molecule has 0 unspecified atom stereocenters. The van der Waals surface area contributed by atoms with Crippen LogP contribution in [-0.4, -0.2) is 18.9 Å². The van der Waals surface area contributed by atoms with Gasteiger partial charge in [0.1, 0.15) is 11.5 Å². The van der Waals surface area contributed by atoms with Crippen LogP contribution in [0.15, 0.2) is 54.6 Å². The van der Waals surface area contributed by atoms with Gasteiger partial charge in [-0.2, -0.15) is 0 Å². The van der Waals surface area contributed by atoms with Crippen molar-refractivity contribution in [1.82, 2.24) is 0 Å². The molecule has 0 heterocycles. The second-order valence-electron chi connectivity index (χ2n) is 4.61. The summed E-state index contributed by atoms with van der Waals surface area (Å²) >= 11 is 0. The summed E-state index contributed by atoms with van der Waals surface area (Å²) < 4.78 is 10.3. The minimum Gasteiger partial charge on any atom is -0.497 e. The topological polar surface area (TPSA) is 52.6 Å². The summed E-state index contributed by atoms with van der Waals surface area (Å²) in [5, 5.41) is 0. The molecule has 0 atom stereocenters. The molecule has 2 aromatic carbocycles. The van der Waals surface area contributed by atoms with Crippen molar-refractivity contribution in [1.29, 1.82) is 0 Å². The van der Waals surface area contributed by atoms with E-state index in [0.717, 1.165) is 11.3 Å². The Labute approximate surface area is 129 Å². The Kier molecular flexibility index (Phi) is 5.09. The summed E-state index contributed by atoms with van der Waals surface area (Å²) in [7, 11) is 1.59. The largest absolute Gasteiger partial charge is 0.497 e. The van der Waals surface area contributed by atoms with Gasteiger partial charge in [-0.05, 0) is 55.0 Å². The number of carbonyl (C=O) groups is 2. The highest BCUT2D eigenvalue weighted by atomic mass is 16.5. The number of rotatable bonds is 5. The Morgan fingerprint density at radius 2 is 1.73 bits per heavy atom. The van der Waals surface area contributed by atoms with Crippen LogP contribution >= 0.6 is 0 Å². The third-order valence-electron chi connectivity index (χ3n) is 2.98. The van der Waals surface area contributed by atoms with Gasteiger partial charge in [-0.15, -0.1) is 0 Å². The molecule has 112 valence electrons. The molecule has 0 fully saturated rings. The van der Waals surface area contributed by atoms with E-state index in [1.165, 1.54) is 13.0 Å². The predicted octanol–water partition coefficient (Wildman–Crippen LogP) is 3.52. The number of esters is 1. The first-order chi connectivity index (χ1) is 10.6. The fourth-order valence-electron chi connectivity index (χ4n) is 1.82. The molecule has 2 rings (SSSR count). The van der Waals surface area contributed by atoms with Crippen LogP contribution < -0.4 is 9.47 Å². The maximum absolute atomic E-state index is 11.8. The van der Waals surface area contributed by atoms with Crippen LogP contribution in [0.3, 0.4) is 0 Å². The lowest BCUT2D eigenvalue weighted by molar-refractivity contribution is -0.128. The van der Waals surface area contributed by atoms with Crippen LogP contribution in [0.25, 0.3) is 6.08 Å². The Morgan fingerprint density at radius 1 is 1.00 bits per heavy atom. The van der Waals surface area contributed by atoms with Crippen molar-refractivity contribution < 1.29 is 19.1 Å². The molecule has 0 spiro atoms. The quantitative estimate of drug-likeness (QED) is 0.367. The summed E-state index contributed by atoms with van der Waals surface area (Å²) in [4.78, 5) is 22.9. The van der Waals surface area contributed by atoms with Crippen LogP contribution in [0.2, 0.25) is 0 Å². The van der Waals surface area contributed by atoms with Crippen molar-refractivity contribution in [3.63, 3.8) is 0 Å². The van der Waals surface area contributed by atoms with Crippen molar-refractivity contribution in [2.24, 2.45) is 0 Å². The lowest BCUT2D eigenvalue weighted by Crippen LogP contribution is -2.03. The van der Waals surface area contributed by atoms with E-state index >= 15 is 0 Å². The standard InChI is InChI=1S/C18H16O4/c1-13(19)15-7-9-16(10-8-15)22-18(20)11-6-14-4-3-5-17(12-14)21-2/h3-12H,1-2H3/b11-6+. The minimum absolute atomic E-state index is 0.0317. The van der Waals surface area contributed by atoms with Crippen molar-refractivity contribution in [3.05, 3.63) is 65.7 Å². The van der Waals surface area contributed by atoms with E-state index in [1.54, 1.807) is 37.5 Å². The number of hydrogen-bond acceptors (Lipinski definition) is 4. The number of ketones is 1. The predicted molar refractivity (Wildman–Crippen MR) is 84.1 cm³/mol. The second-order valence-corrected chi connectivity index (χ2v) is 4.61. The van der Waals surface area contributed by atoms with E-state index in [0.29, 0.717) is 11.3 Å². The van der Waals surface area contributed by atoms with Gasteiger partial charge < -0.3 is 9.47 Å². The molecule has 0 saturated carbocycles. The molecule has 0 bridgehead atoms. The zero-order valence-corrected chi connectivity index (χ0v) is 12.4. The number of hydrogen-bond donors (Lipinski definition) is 0. The molecule has 0 amide bonds. The summed E-state index contributed by atoms with van der Waals surface area (Å²) in [6.45, 7) is 1.48. The SMILES string of the molecule is COc1cccc(/C=C/C(=O)Oc2ccc(C(C)=O)cc2)c1. The molecule has 0 aromatic heterocycles. The summed E-state index contributed by atoms with van der Waals surface area (Å²) in [5.41, 5.74) is 1.41. The van der Waals surface area contributed by atoms with E-state index in [9.17, 15) is 9.59 Å². The molecular weight excluding hydrogens is 280 g/mol. The summed E-state index contributed by atoms with van der Waals surface area (Å²) in [5.74, 6) is 0.592. The van der Waals surface area contributed by atoms with Gasteiger partial charge in [0.2, 0.25) is 0 Å². The Balaban J connectivity index is 1.99. The Bertz CT molecular complexity index is 699. The molecule has 4 nitrogen and oxygen atoms in total. The monoisotopic (exact) mass is 296 g/mol. The van der Waals surface area contributed by atoms with Crippen molar-refractivity contribution in [2.75, 3.05) is 7.11 Å². The third-order valence-corrected chi connectivity index (χ3v) is 2.98. The maximum Gasteiger partial charge on any atom is 0.336 e. The first-order valence-electron chi connectivity index (χ1n) is 6.73. The minimum atomic E-state index is -0.488. The summed E-state index contributed by atoms with van der Waals surface area (Å²) in [6, 6.07) is 13.8. The lowest BCUT2D eigenvalue weighted by Gasteiger charge is -2.02.